The molecule has 0 radical (unpaired) electrons. The molecular weight excluding hydrogens is 552 g/mol. The van der Waals surface area contributed by atoms with E-state index in [-0.39, 0.29) is 30.4 Å². The lowest BCUT2D eigenvalue weighted by molar-refractivity contribution is -0.128. The first-order chi connectivity index (χ1) is 20.8. The number of benzene rings is 2. The van der Waals surface area contributed by atoms with Crippen molar-refractivity contribution in [1.82, 2.24) is 10.2 Å². The highest BCUT2D eigenvalue weighted by molar-refractivity contribution is 6.12. The Bertz CT molecular complexity index is 1360. The van der Waals surface area contributed by atoms with Gasteiger partial charge in [-0.05, 0) is 121 Å². The third-order valence-electron chi connectivity index (χ3n) is 9.85. The fraction of sp³-hybridized carbons (Fsp3) is 0.583. The SMILES string of the molecule is Cc1ccc(C(=O)N=C2Cc3ccc(CN4CCC(C(C)(C)O)CC4)cc3N2C2CCC(C(=O)NC(C)(C)CO)CC2)cc1. The maximum Gasteiger partial charge on any atom is 0.278 e. The molecule has 2 fully saturated rings. The molecule has 3 aliphatic rings. The summed E-state index contributed by atoms with van der Waals surface area (Å²) >= 11 is 0. The summed E-state index contributed by atoms with van der Waals surface area (Å²) in [5.41, 5.74) is 3.94. The molecule has 1 aliphatic carbocycles. The van der Waals surface area contributed by atoms with Crippen molar-refractivity contribution >= 4 is 23.3 Å². The van der Waals surface area contributed by atoms with E-state index in [4.69, 9.17) is 4.99 Å². The Morgan fingerprint density at radius 1 is 0.955 bits per heavy atom. The summed E-state index contributed by atoms with van der Waals surface area (Å²) in [6.07, 6.45) is 5.73. The first-order valence-electron chi connectivity index (χ1n) is 16.3. The van der Waals surface area contributed by atoms with Crippen molar-refractivity contribution in [1.29, 1.82) is 0 Å². The number of likely N-dealkylation sites (tertiary alicyclic amines) is 1. The number of amidine groups is 1. The van der Waals surface area contributed by atoms with E-state index in [1.807, 2.05) is 58.9 Å². The van der Waals surface area contributed by atoms with Crippen molar-refractivity contribution in [3.05, 3.63) is 64.7 Å². The topological polar surface area (TPSA) is 105 Å². The van der Waals surface area contributed by atoms with Crippen LogP contribution in [0.2, 0.25) is 0 Å². The van der Waals surface area contributed by atoms with Gasteiger partial charge in [-0.3, -0.25) is 14.5 Å². The first-order valence-corrected chi connectivity index (χ1v) is 16.3. The minimum atomic E-state index is -0.641. The summed E-state index contributed by atoms with van der Waals surface area (Å²) in [4.78, 5) is 35.7. The van der Waals surface area contributed by atoms with Crippen LogP contribution in [0.15, 0.2) is 47.5 Å². The van der Waals surface area contributed by atoms with Crippen molar-refractivity contribution in [2.45, 2.75) is 103 Å². The van der Waals surface area contributed by atoms with Crippen molar-refractivity contribution < 1.29 is 19.8 Å². The van der Waals surface area contributed by atoms with Crippen LogP contribution in [0.4, 0.5) is 5.69 Å². The second kappa shape index (κ2) is 13.1. The number of aliphatic imine (C=N–C) groups is 1. The molecule has 2 aliphatic heterocycles. The number of hydrogen-bond donors (Lipinski definition) is 3. The number of aliphatic hydroxyl groups is 2. The molecule has 3 N–H and O–H groups in total. The lowest BCUT2D eigenvalue weighted by Gasteiger charge is -2.38. The van der Waals surface area contributed by atoms with Crippen LogP contribution in [0.25, 0.3) is 0 Å². The fourth-order valence-corrected chi connectivity index (χ4v) is 6.98. The zero-order valence-corrected chi connectivity index (χ0v) is 27.1. The molecule has 1 saturated carbocycles. The Morgan fingerprint density at radius 2 is 1.61 bits per heavy atom. The predicted molar refractivity (Wildman–Crippen MR) is 175 cm³/mol. The van der Waals surface area contributed by atoms with E-state index >= 15 is 0 Å². The quantitative estimate of drug-likeness (QED) is 0.392. The number of aryl methyl sites for hydroxylation is 1. The number of anilines is 1. The molecule has 2 amide bonds. The zero-order valence-electron chi connectivity index (χ0n) is 27.1. The average molecular weight is 603 g/mol. The van der Waals surface area contributed by atoms with Crippen LogP contribution in [-0.4, -0.2) is 69.6 Å². The van der Waals surface area contributed by atoms with Gasteiger partial charge in [0.1, 0.15) is 5.84 Å². The standard InChI is InChI=1S/C36H50N4O4/c1-24-6-9-26(10-7-24)33(42)37-32-21-28-11-8-25(22-39-18-16-29(17-19-39)36(4,5)44)20-31(28)40(32)30-14-12-27(13-15-30)34(43)38-35(2,3)23-41/h6-11,20,27,29-30,41,44H,12-19,21-23H2,1-5H3,(H,38,43). The number of rotatable bonds is 8. The Balaban J connectivity index is 1.35. The van der Waals surface area contributed by atoms with Crippen molar-refractivity contribution in [3.8, 4) is 0 Å². The van der Waals surface area contributed by atoms with E-state index in [0.717, 1.165) is 75.2 Å². The van der Waals surface area contributed by atoms with E-state index in [9.17, 15) is 19.8 Å². The average Bonchev–Trinajstić information content (AvgIpc) is 3.34. The van der Waals surface area contributed by atoms with Crippen LogP contribution in [0, 0.1) is 18.8 Å². The lowest BCUT2D eigenvalue weighted by Crippen LogP contribution is -2.50. The number of fused-ring (bicyclic) bond motifs is 1. The Kier molecular flexibility index (Phi) is 9.64. The largest absolute Gasteiger partial charge is 0.394 e. The van der Waals surface area contributed by atoms with Gasteiger partial charge in [-0.1, -0.05) is 29.8 Å². The van der Waals surface area contributed by atoms with E-state index in [0.29, 0.717) is 17.9 Å². The third kappa shape index (κ3) is 7.59. The highest BCUT2D eigenvalue weighted by Crippen LogP contribution is 2.38. The highest BCUT2D eigenvalue weighted by atomic mass is 16.3. The van der Waals surface area contributed by atoms with Crippen LogP contribution in [0.1, 0.15) is 93.3 Å². The van der Waals surface area contributed by atoms with Crippen molar-refractivity contribution in [2.75, 3.05) is 24.6 Å². The summed E-state index contributed by atoms with van der Waals surface area (Å²) in [6.45, 7) is 12.2. The number of nitrogens with zero attached hydrogens (tertiary/aromatic N) is 3. The van der Waals surface area contributed by atoms with Crippen LogP contribution in [0.5, 0.6) is 0 Å². The first kappa shape index (κ1) is 32.3. The number of amides is 2. The Labute approximate surface area is 262 Å². The predicted octanol–water partition coefficient (Wildman–Crippen LogP) is 5.03. The molecule has 44 heavy (non-hydrogen) atoms. The summed E-state index contributed by atoms with van der Waals surface area (Å²) in [5, 5.41) is 23.1. The number of hydrogen-bond acceptors (Lipinski definition) is 5. The maximum atomic E-state index is 13.3. The van der Waals surface area contributed by atoms with Crippen molar-refractivity contribution in [3.63, 3.8) is 0 Å². The van der Waals surface area contributed by atoms with E-state index < -0.39 is 11.1 Å². The number of nitrogens with one attached hydrogen (secondary N) is 1. The third-order valence-corrected chi connectivity index (χ3v) is 9.85. The zero-order chi connectivity index (χ0) is 31.6. The van der Waals surface area contributed by atoms with E-state index in [1.165, 1.54) is 11.1 Å². The van der Waals surface area contributed by atoms with Gasteiger partial charge in [0.25, 0.3) is 5.91 Å². The highest BCUT2D eigenvalue weighted by Gasteiger charge is 2.37. The normalized spacial score (nSPS) is 22.7. The number of carbonyl (C=O) groups is 2. The molecule has 5 rings (SSSR count). The molecule has 2 heterocycles. The molecule has 2 aromatic rings. The Morgan fingerprint density at radius 3 is 2.23 bits per heavy atom. The second-order valence-electron chi connectivity index (χ2n) is 14.4. The molecule has 0 bridgehead atoms. The van der Waals surface area contributed by atoms with Gasteiger partial charge in [0.2, 0.25) is 5.91 Å². The van der Waals surface area contributed by atoms with Gasteiger partial charge >= 0.3 is 0 Å². The van der Waals surface area contributed by atoms with Gasteiger partial charge in [-0.25, -0.2) is 0 Å². The van der Waals surface area contributed by atoms with Gasteiger partial charge in [-0.2, -0.15) is 4.99 Å². The second-order valence-corrected chi connectivity index (χ2v) is 14.4. The number of carbonyl (C=O) groups excluding carboxylic acids is 2. The molecular formula is C36H50N4O4. The van der Waals surface area contributed by atoms with Gasteiger partial charge in [0.05, 0.1) is 17.7 Å². The van der Waals surface area contributed by atoms with Gasteiger partial charge in [0.15, 0.2) is 0 Å². The summed E-state index contributed by atoms with van der Waals surface area (Å²) in [5.74, 6) is 0.788. The van der Waals surface area contributed by atoms with Gasteiger partial charge in [-0.15, -0.1) is 0 Å². The van der Waals surface area contributed by atoms with E-state index in [2.05, 4.69) is 33.3 Å². The minimum Gasteiger partial charge on any atom is -0.394 e. The van der Waals surface area contributed by atoms with Crippen LogP contribution < -0.4 is 10.2 Å². The molecule has 0 spiro atoms. The van der Waals surface area contributed by atoms with Gasteiger partial charge < -0.3 is 20.4 Å². The van der Waals surface area contributed by atoms with Crippen LogP contribution in [0.3, 0.4) is 0 Å². The summed E-state index contributed by atoms with van der Waals surface area (Å²) in [7, 11) is 0. The smallest absolute Gasteiger partial charge is 0.278 e. The summed E-state index contributed by atoms with van der Waals surface area (Å²) in [6, 6.07) is 14.4. The molecule has 0 aromatic heterocycles. The van der Waals surface area contributed by atoms with Crippen LogP contribution in [-0.2, 0) is 17.8 Å². The fourth-order valence-electron chi connectivity index (χ4n) is 6.98. The molecule has 8 heteroatoms. The molecule has 0 unspecified atom stereocenters. The summed E-state index contributed by atoms with van der Waals surface area (Å²) < 4.78 is 0. The monoisotopic (exact) mass is 602 g/mol. The molecule has 8 nitrogen and oxygen atoms in total. The molecule has 0 atom stereocenters. The molecule has 1 saturated heterocycles. The molecule has 2 aromatic carbocycles. The van der Waals surface area contributed by atoms with Crippen molar-refractivity contribution in [2.24, 2.45) is 16.8 Å². The number of aliphatic hydroxyl groups excluding tert-OH is 1. The number of piperidine rings is 1. The van der Waals surface area contributed by atoms with Crippen LogP contribution >= 0.6 is 0 Å². The molecule has 238 valence electrons. The van der Waals surface area contributed by atoms with E-state index in [1.54, 1.807) is 0 Å². The van der Waals surface area contributed by atoms with Gasteiger partial charge in [0, 0.05) is 36.2 Å². The Hall–Kier alpha value is -3.07. The lowest BCUT2D eigenvalue weighted by atomic mass is 9.83. The minimum absolute atomic E-state index is 0.00315. The maximum absolute atomic E-state index is 13.3.